The lowest BCUT2D eigenvalue weighted by atomic mass is 9.81. The summed E-state index contributed by atoms with van der Waals surface area (Å²) in [5.74, 6) is 0.851. The largest absolute Gasteiger partial charge is 0.432 e. The van der Waals surface area contributed by atoms with Crippen molar-refractivity contribution in [2.24, 2.45) is 17.8 Å². The first kappa shape index (κ1) is 12.5. The molecule has 0 aromatic rings. The predicted molar refractivity (Wildman–Crippen MR) is 59.9 cm³/mol. The van der Waals surface area contributed by atoms with Crippen molar-refractivity contribution in [3.05, 3.63) is 11.8 Å². The van der Waals surface area contributed by atoms with Gasteiger partial charge in [0.15, 0.2) is 0 Å². The summed E-state index contributed by atoms with van der Waals surface area (Å²) in [7, 11) is 1.58. The van der Waals surface area contributed by atoms with Crippen molar-refractivity contribution in [1.29, 1.82) is 5.41 Å². The van der Waals surface area contributed by atoms with E-state index < -0.39 is 11.9 Å². The zero-order chi connectivity index (χ0) is 12.6. The highest BCUT2D eigenvalue weighted by molar-refractivity contribution is 6.02. The molecule has 17 heavy (non-hydrogen) atoms. The van der Waals surface area contributed by atoms with Gasteiger partial charge < -0.3 is 5.32 Å². The van der Waals surface area contributed by atoms with E-state index in [4.69, 9.17) is 5.41 Å². The molecule has 2 bridgehead atoms. The molecule has 0 aromatic heterocycles. The van der Waals surface area contributed by atoms with Gasteiger partial charge in [-0.1, -0.05) is 6.42 Å². The fourth-order valence-electron chi connectivity index (χ4n) is 3.31. The summed E-state index contributed by atoms with van der Waals surface area (Å²) in [4.78, 5) is 0. The number of rotatable bonds is 3. The lowest BCUT2D eigenvalue weighted by Gasteiger charge is -2.25. The van der Waals surface area contributed by atoms with E-state index in [1.165, 1.54) is 6.20 Å². The summed E-state index contributed by atoms with van der Waals surface area (Å²) in [5.41, 5.74) is -1.03. The van der Waals surface area contributed by atoms with Crippen LogP contribution in [0.2, 0.25) is 0 Å². The third-order valence-electron chi connectivity index (χ3n) is 4.01. The molecule has 96 valence electrons. The first-order valence-corrected chi connectivity index (χ1v) is 5.97. The normalized spacial score (nSPS) is 32.9. The number of alkyl halides is 3. The van der Waals surface area contributed by atoms with E-state index in [1.807, 2.05) is 0 Å². The van der Waals surface area contributed by atoms with E-state index in [9.17, 15) is 13.2 Å². The van der Waals surface area contributed by atoms with Crippen molar-refractivity contribution < 1.29 is 13.2 Å². The van der Waals surface area contributed by atoms with Crippen molar-refractivity contribution in [1.82, 2.24) is 5.32 Å². The van der Waals surface area contributed by atoms with Crippen molar-refractivity contribution in [2.75, 3.05) is 7.05 Å². The second-order valence-electron chi connectivity index (χ2n) is 5.04. The Bertz CT molecular complexity index is 346. The third-order valence-corrected chi connectivity index (χ3v) is 4.01. The van der Waals surface area contributed by atoms with Crippen LogP contribution >= 0.6 is 0 Å². The van der Waals surface area contributed by atoms with Crippen molar-refractivity contribution in [3.8, 4) is 0 Å². The zero-order valence-corrected chi connectivity index (χ0v) is 9.77. The summed E-state index contributed by atoms with van der Waals surface area (Å²) in [5, 5.41) is 9.97. The topological polar surface area (TPSA) is 35.9 Å². The van der Waals surface area contributed by atoms with Gasteiger partial charge in [-0.2, -0.15) is 13.2 Å². The van der Waals surface area contributed by atoms with E-state index in [0.717, 1.165) is 25.7 Å². The number of halogens is 3. The Morgan fingerprint density at radius 1 is 1.29 bits per heavy atom. The molecule has 0 radical (unpaired) electrons. The summed E-state index contributed by atoms with van der Waals surface area (Å²) in [6.07, 6.45) is 0.841. The molecule has 2 aliphatic rings. The Morgan fingerprint density at radius 2 is 2.00 bits per heavy atom. The molecule has 0 aromatic carbocycles. The van der Waals surface area contributed by atoms with E-state index in [0.29, 0.717) is 11.8 Å². The molecule has 0 saturated heterocycles. The van der Waals surface area contributed by atoms with Gasteiger partial charge in [0.2, 0.25) is 0 Å². The minimum Gasteiger partial charge on any atom is -0.394 e. The van der Waals surface area contributed by atoms with Crippen molar-refractivity contribution in [3.63, 3.8) is 0 Å². The molecule has 0 aliphatic heterocycles. The van der Waals surface area contributed by atoms with E-state index in [1.54, 1.807) is 7.05 Å². The Balaban J connectivity index is 2.19. The zero-order valence-electron chi connectivity index (χ0n) is 9.77. The van der Waals surface area contributed by atoms with E-state index >= 15 is 0 Å². The second-order valence-corrected chi connectivity index (χ2v) is 5.04. The van der Waals surface area contributed by atoms with Gasteiger partial charge in [-0.15, -0.1) is 0 Å². The monoisotopic (exact) mass is 246 g/mol. The smallest absolute Gasteiger partial charge is 0.394 e. The molecule has 0 amide bonds. The molecule has 3 unspecified atom stereocenters. The van der Waals surface area contributed by atoms with Crippen LogP contribution in [0.15, 0.2) is 11.8 Å². The Labute approximate surface area is 98.8 Å². The van der Waals surface area contributed by atoms with Crippen LogP contribution in [0.25, 0.3) is 0 Å². The van der Waals surface area contributed by atoms with Crippen molar-refractivity contribution >= 4 is 5.71 Å². The molecular weight excluding hydrogens is 229 g/mol. The predicted octanol–water partition coefficient (Wildman–Crippen LogP) is 3.11. The van der Waals surface area contributed by atoms with Gasteiger partial charge >= 0.3 is 6.18 Å². The van der Waals surface area contributed by atoms with Gasteiger partial charge in [-0.05, 0) is 37.0 Å². The van der Waals surface area contributed by atoms with Crippen molar-refractivity contribution in [2.45, 2.75) is 31.9 Å². The molecular formula is C12H17F3N2. The highest BCUT2D eigenvalue weighted by atomic mass is 19.4. The molecule has 2 nitrogen and oxygen atoms in total. The Hall–Kier alpha value is -1.00. The van der Waals surface area contributed by atoms with Gasteiger partial charge in [-0.3, -0.25) is 5.41 Å². The van der Waals surface area contributed by atoms with E-state index in [-0.39, 0.29) is 11.5 Å². The number of hydrogen-bond acceptors (Lipinski definition) is 2. The molecule has 2 fully saturated rings. The SMILES string of the molecule is CN/C=C(\C(=N)C(F)(F)F)C1CC2CCC1C2. The van der Waals surface area contributed by atoms with Gasteiger partial charge in [0.1, 0.15) is 5.71 Å². The molecule has 2 aliphatic carbocycles. The van der Waals surface area contributed by atoms with Crippen LogP contribution in [0.1, 0.15) is 25.7 Å². The molecule has 2 saturated carbocycles. The molecule has 0 spiro atoms. The van der Waals surface area contributed by atoms with Crippen LogP contribution in [0.5, 0.6) is 0 Å². The van der Waals surface area contributed by atoms with Crippen LogP contribution in [-0.2, 0) is 0 Å². The Kier molecular flexibility index (Phi) is 3.19. The third kappa shape index (κ3) is 2.33. The minimum absolute atomic E-state index is 0.0738. The van der Waals surface area contributed by atoms with Crippen LogP contribution in [0.4, 0.5) is 13.2 Å². The first-order chi connectivity index (χ1) is 7.93. The highest BCUT2D eigenvalue weighted by Crippen LogP contribution is 2.51. The van der Waals surface area contributed by atoms with Gasteiger partial charge in [0, 0.05) is 18.8 Å². The molecule has 2 N–H and O–H groups in total. The lowest BCUT2D eigenvalue weighted by molar-refractivity contribution is -0.0595. The van der Waals surface area contributed by atoms with Gasteiger partial charge in [0.05, 0.1) is 0 Å². The number of fused-ring (bicyclic) bond motifs is 2. The number of hydrogen-bond donors (Lipinski definition) is 2. The van der Waals surface area contributed by atoms with Crippen LogP contribution in [0.3, 0.4) is 0 Å². The lowest BCUT2D eigenvalue weighted by Crippen LogP contribution is -2.30. The Morgan fingerprint density at radius 3 is 2.41 bits per heavy atom. The quantitative estimate of drug-likeness (QED) is 0.737. The van der Waals surface area contributed by atoms with E-state index in [2.05, 4.69) is 5.32 Å². The van der Waals surface area contributed by atoms with Crippen LogP contribution in [-0.4, -0.2) is 18.9 Å². The molecule has 5 heteroatoms. The summed E-state index contributed by atoms with van der Waals surface area (Å²) in [6, 6.07) is 0. The maximum Gasteiger partial charge on any atom is 0.432 e. The first-order valence-electron chi connectivity index (χ1n) is 5.97. The maximum atomic E-state index is 12.6. The standard InChI is InChI=1S/C12H17F3N2/c1-17-6-10(11(16)12(13,14)15)9-5-7-2-3-8(9)4-7/h6-9,16-17H,2-5H2,1H3/b10-6-,16-11?. The summed E-state index contributed by atoms with van der Waals surface area (Å²) < 4.78 is 37.9. The minimum atomic E-state index is -4.54. The summed E-state index contributed by atoms with van der Waals surface area (Å²) in [6.45, 7) is 0. The molecule has 2 rings (SSSR count). The number of allylic oxidation sites excluding steroid dienone is 1. The average Bonchev–Trinajstić information content (AvgIpc) is 2.85. The fraction of sp³-hybridized carbons (Fsp3) is 0.750. The maximum absolute atomic E-state index is 12.6. The van der Waals surface area contributed by atoms with Crippen LogP contribution in [0, 0.1) is 23.2 Å². The average molecular weight is 246 g/mol. The fourth-order valence-corrected chi connectivity index (χ4v) is 3.31. The highest BCUT2D eigenvalue weighted by Gasteiger charge is 2.46. The van der Waals surface area contributed by atoms with Crippen LogP contribution < -0.4 is 5.32 Å². The summed E-state index contributed by atoms with van der Waals surface area (Å²) >= 11 is 0. The van der Waals surface area contributed by atoms with Gasteiger partial charge in [-0.25, -0.2) is 0 Å². The molecule has 0 heterocycles. The second kappa shape index (κ2) is 4.35. The molecule has 3 atom stereocenters. The van der Waals surface area contributed by atoms with Gasteiger partial charge in [0.25, 0.3) is 0 Å². The number of nitrogens with one attached hydrogen (secondary N) is 2.